The van der Waals surface area contributed by atoms with Gasteiger partial charge < -0.3 is 0 Å². The molecule has 0 N–H and O–H groups in total. The molecule has 0 aliphatic heterocycles. The molecule has 22 heavy (non-hydrogen) atoms. The molecular formula is C16H18I4Sn2. The van der Waals surface area contributed by atoms with Crippen molar-refractivity contribution in [2.24, 2.45) is 0 Å². The van der Waals surface area contributed by atoms with Crippen LogP contribution in [0.3, 0.4) is 0 Å². The van der Waals surface area contributed by atoms with Crippen LogP contribution in [0.1, 0.15) is 12.8 Å². The Morgan fingerprint density at radius 1 is 0.545 bits per heavy atom. The predicted octanol–water partition coefficient (Wildman–Crippen LogP) is 6.21. The van der Waals surface area contributed by atoms with Crippen LogP contribution < -0.4 is 7.16 Å². The molecule has 0 amide bonds. The molecule has 2 rings (SSSR count). The minimum atomic E-state index is -2.08. The normalized spacial score (nSPS) is 12.4. The van der Waals surface area contributed by atoms with Crippen molar-refractivity contribution < 1.29 is 0 Å². The molecule has 0 atom stereocenters. The first kappa shape index (κ1) is 21.3. The summed E-state index contributed by atoms with van der Waals surface area (Å²) in [5, 5.41) is 0. The van der Waals surface area contributed by atoms with E-state index in [-0.39, 0.29) is 0 Å². The average molecular weight is 955 g/mol. The Hall–Kier alpha value is 2.96. The summed E-state index contributed by atoms with van der Waals surface area (Å²) < 4.78 is 6.23. The Morgan fingerprint density at radius 2 is 0.864 bits per heavy atom. The first-order valence-corrected chi connectivity index (χ1v) is 47.4. The third-order valence-corrected chi connectivity index (χ3v) is 47.1. The van der Waals surface area contributed by atoms with Gasteiger partial charge in [-0.2, -0.15) is 0 Å². The summed E-state index contributed by atoms with van der Waals surface area (Å²) in [6, 6.07) is 22.4. The van der Waals surface area contributed by atoms with Crippen LogP contribution in [-0.2, 0) is 0 Å². The Bertz CT molecular complexity index is 520. The summed E-state index contributed by atoms with van der Waals surface area (Å²) in [6.07, 6.45) is 2.82. The van der Waals surface area contributed by atoms with Gasteiger partial charge in [-0.05, 0) is 0 Å². The third kappa shape index (κ3) is 6.93. The summed E-state index contributed by atoms with van der Waals surface area (Å²) in [6.45, 7) is 0. The number of rotatable bonds is 7. The molecule has 0 nitrogen and oxygen atoms in total. The van der Waals surface area contributed by atoms with Crippen molar-refractivity contribution in [3.05, 3.63) is 60.7 Å². The number of halogens is 4. The summed E-state index contributed by atoms with van der Waals surface area (Å²) >= 11 is 11.3. The van der Waals surface area contributed by atoms with Gasteiger partial charge >= 0.3 is 185 Å². The second-order valence-corrected chi connectivity index (χ2v) is 96.6. The third-order valence-electron chi connectivity index (χ3n) is 3.62. The van der Waals surface area contributed by atoms with E-state index in [1.165, 1.54) is 21.7 Å². The zero-order chi connectivity index (χ0) is 16.1. The number of hydrogen-bond acceptors (Lipinski definition) is 0. The molecule has 0 radical (unpaired) electrons. The van der Waals surface area contributed by atoms with Crippen LogP contribution in [0, 0.1) is 0 Å². The number of hydrogen-bond donors (Lipinski definition) is 0. The van der Waals surface area contributed by atoms with Gasteiger partial charge in [-0.3, -0.25) is 0 Å². The topological polar surface area (TPSA) is 0 Å². The zero-order valence-corrected chi connectivity index (χ0v) is 26.5. The van der Waals surface area contributed by atoms with Gasteiger partial charge in [0.2, 0.25) is 0 Å². The van der Waals surface area contributed by atoms with Crippen LogP contribution in [0.4, 0.5) is 0 Å². The standard InChI is InChI=1S/2C6H5.C4H8.4HI.2Sn/c2*1-2-4-6-5-3-1;1-3-4-2;;;;;;/h2*1-5H;1-4H2;4*1H;;/q;;;;;;;2*+2/p-4. The maximum atomic E-state index is 2.82. The Morgan fingerprint density at radius 3 is 1.18 bits per heavy atom. The van der Waals surface area contributed by atoms with E-state index in [2.05, 4.69) is 135 Å². The molecule has 118 valence electrons. The van der Waals surface area contributed by atoms with Crippen LogP contribution in [0.15, 0.2) is 60.7 Å². The van der Waals surface area contributed by atoms with Gasteiger partial charge in [0.1, 0.15) is 0 Å². The van der Waals surface area contributed by atoms with Crippen LogP contribution in [0.25, 0.3) is 0 Å². The van der Waals surface area contributed by atoms with Crippen molar-refractivity contribution >= 4 is 103 Å². The monoisotopic (exact) mass is 958 g/mol. The summed E-state index contributed by atoms with van der Waals surface area (Å²) in [7, 11) is -4.16. The van der Waals surface area contributed by atoms with Gasteiger partial charge in [0.25, 0.3) is 0 Å². The van der Waals surface area contributed by atoms with E-state index in [1.807, 2.05) is 0 Å². The number of unbranched alkanes of at least 4 members (excludes halogenated alkanes) is 1. The average Bonchev–Trinajstić information content (AvgIpc) is 2.53. The summed E-state index contributed by atoms with van der Waals surface area (Å²) in [4.78, 5) is 0. The Labute approximate surface area is 180 Å². The summed E-state index contributed by atoms with van der Waals surface area (Å²) in [5.41, 5.74) is 0. The van der Waals surface area contributed by atoms with E-state index in [0.29, 0.717) is 0 Å². The van der Waals surface area contributed by atoms with Crippen molar-refractivity contribution in [3.63, 3.8) is 0 Å². The molecule has 0 bridgehead atoms. The van der Waals surface area contributed by atoms with E-state index < -0.39 is 20.9 Å². The van der Waals surface area contributed by atoms with E-state index in [4.69, 9.17) is 0 Å². The van der Waals surface area contributed by atoms with Gasteiger partial charge in [0.05, 0.1) is 0 Å². The zero-order valence-electron chi connectivity index (χ0n) is 12.1. The molecule has 0 saturated heterocycles. The summed E-state index contributed by atoms with van der Waals surface area (Å²) in [5.74, 6) is 0. The second-order valence-electron chi connectivity index (χ2n) is 5.35. The van der Waals surface area contributed by atoms with Crippen LogP contribution in [0.2, 0.25) is 8.87 Å². The van der Waals surface area contributed by atoms with Gasteiger partial charge in [0, 0.05) is 0 Å². The maximum absolute atomic E-state index is 2.82. The van der Waals surface area contributed by atoms with E-state index in [1.54, 1.807) is 7.16 Å². The first-order valence-electron chi connectivity index (χ1n) is 7.28. The minimum absolute atomic E-state index is 1.41. The molecule has 0 aliphatic carbocycles. The molecule has 0 fully saturated rings. The van der Waals surface area contributed by atoms with Gasteiger partial charge in [-0.15, -0.1) is 0 Å². The molecule has 0 saturated carbocycles. The molecule has 0 aliphatic rings. The van der Waals surface area contributed by atoms with E-state index in [9.17, 15) is 0 Å². The van der Waals surface area contributed by atoms with Crippen LogP contribution >= 0.6 is 74.5 Å². The van der Waals surface area contributed by atoms with Crippen LogP contribution in [0.5, 0.6) is 0 Å². The SMILES string of the molecule is [I][Sn]([I])([CH2]CC[CH2][Sn]([I])([I])[c]1ccccc1)[c]1ccccc1. The van der Waals surface area contributed by atoms with Gasteiger partial charge in [-0.25, -0.2) is 0 Å². The molecule has 6 heteroatoms. The quantitative estimate of drug-likeness (QED) is 0.176. The van der Waals surface area contributed by atoms with E-state index >= 15 is 0 Å². The fourth-order valence-electron chi connectivity index (χ4n) is 2.35. The van der Waals surface area contributed by atoms with Crippen molar-refractivity contribution in [1.29, 1.82) is 0 Å². The Balaban J connectivity index is 1.84. The molecule has 0 unspecified atom stereocenters. The molecule has 2 aromatic carbocycles. The van der Waals surface area contributed by atoms with Gasteiger partial charge in [0.15, 0.2) is 0 Å². The molecule has 0 aromatic heterocycles. The van der Waals surface area contributed by atoms with Crippen molar-refractivity contribution in [2.75, 3.05) is 0 Å². The molecule has 0 spiro atoms. The second kappa shape index (κ2) is 10.3. The fourth-order valence-corrected chi connectivity index (χ4v) is 31.7. The van der Waals surface area contributed by atoms with Crippen molar-refractivity contribution in [3.8, 4) is 0 Å². The fraction of sp³-hybridized carbons (Fsp3) is 0.250. The molecule has 2 aromatic rings. The number of benzene rings is 2. The van der Waals surface area contributed by atoms with Gasteiger partial charge in [-0.1, -0.05) is 0 Å². The van der Waals surface area contributed by atoms with E-state index in [0.717, 1.165) is 0 Å². The predicted molar refractivity (Wildman–Crippen MR) is 139 cm³/mol. The Kier molecular flexibility index (Phi) is 9.98. The van der Waals surface area contributed by atoms with Crippen molar-refractivity contribution in [1.82, 2.24) is 0 Å². The van der Waals surface area contributed by atoms with Crippen molar-refractivity contribution in [2.45, 2.75) is 21.7 Å². The molecule has 0 heterocycles. The molecular weight excluding hydrogens is 937 g/mol. The van der Waals surface area contributed by atoms with Crippen LogP contribution in [-0.4, -0.2) is 20.9 Å². The first-order chi connectivity index (χ1) is 10.4.